The standard InChI is InChI=1S/C32H42N6O7/c1-32(2,3)45-31(41)38-18-23(17-26(38)29(39)42-6)34-27-14-10-13-24(35-27)28-25(33-21-37(28)5)20-43-16-15-36(4)30(40)44-19-22-11-8-7-9-12-22/h7-14,21,23,26H,15-20H2,1-6H3,(H,34,35)/t23-,26-/m0/s1. The lowest BCUT2D eigenvalue weighted by atomic mass is 10.1. The van der Waals surface area contributed by atoms with Crippen molar-refractivity contribution in [1.29, 1.82) is 0 Å². The van der Waals surface area contributed by atoms with Crippen molar-refractivity contribution in [2.45, 2.75) is 58.1 Å². The highest BCUT2D eigenvalue weighted by Gasteiger charge is 2.42. The average molecular weight is 623 g/mol. The van der Waals surface area contributed by atoms with E-state index >= 15 is 0 Å². The third-order valence-corrected chi connectivity index (χ3v) is 7.09. The number of nitrogens with one attached hydrogen (secondary N) is 1. The predicted octanol–water partition coefficient (Wildman–Crippen LogP) is 4.23. The summed E-state index contributed by atoms with van der Waals surface area (Å²) in [4.78, 5) is 49.8. The zero-order valence-electron chi connectivity index (χ0n) is 26.7. The summed E-state index contributed by atoms with van der Waals surface area (Å²) in [6.07, 6.45) is 1.04. The lowest BCUT2D eigenvalue weighted by Crippen LogP contribution is -2.44. The van der Waals surface area contributed by atoms with Crippen molar-refractivity contribution in [3.05, 3.63) is 66.1 Å². The number of benzene rings is 1. The molecule has 2 atom stereocenters. The minimum absolute atomic E-state index is 0.206. The van der Waals surface area contributed by atoms with Gasteiger partial charge < -0.3 is 33.7 Å². The van der Waals surface area contributed by atoms with Crippen LogP contribution in [0.4, 0.5) is 15.4 Å². The number of hydrogen-bond donors (Lipinski definition) is 1. The molecule has 2 amide bonds. The Morgan fingerprint density at radius 3 is 2.53 bits per heavy atom. The molecular weight excluding hydrogens is 580 g/mol. The van der Waals surface area contributed by atoms with Gasteiger partial charge in [0.2, 0.25) is 0 Å². The van der Waals surface area contributed by atoms with Gasteiger partial charge in [-0.25, -0.2) is 24.4 Å². The van der Waals surface area contributed by atoms with Crippen LogP contribution in [0.5, 0.6) is 0 Å². The number of likely N-dealkylation sites (N-methyl/N-ethyl adjacent to an activating group) is 1. The normalized spacial score (nSPS) is 16.3. The Balaban J connectivity index is 1.34. The summed E-state index contributed by atoms with van der Waals surface area (Å²) in [5, 5.41) is 3.36. The Hall–Kier alpha value is -4.65. The van der Waals surface area contributed by atoms with Crippen LogP contribution in [0.15, 0.2) is 54.9 Å². The van der Waals surface area contributed by atoms with Crippen molar-refractivity contribution in [3.8, 4) is 11.4 Å². The third kappa shape index (κ3) is 9.17. The quantitative estimate of drug-likeness (QED) is 0.188. The monoisotopic (exact) mass is 622 g/mol. The Kier molecular flexibility index (Phi) is 11.0. The number of aryl methyl sites for hydroxylation is 1. The molecule has 13 nitrogen and oxygen atoms in total. The molecular formula is C32H42N6O7. The van der Waals surface area contributed by atoms with E-state index in [-0.39, 0.29) is 25.8 Å². The molecule has 45 heavy (non-hydrogen) atoms. The van der Waals surface area contributed by atoms with E-state index in [1.165, 1.54) is 16.9 Å². The number of likely N-dealkylation sites (tertiary alicyclic amines) is 1. The smallest absolute Gasteiger partial charge is 0.411 e. The summed E-state index contributed by atoms with van der Waals surface area (Å²) in [6.45, 7) is 6.65. The second-order valence-corrected chi connectivity index (χ2v) is 11.8. The van der Waals surface area contributed by atoms with Gasteiger partial charge in [-0.1, -0.05) is 36.4 Å². The molecule has 1 fully saturated rings. The van der Waals surface area contributed by atoms with Crippen molar-refractivity contribution in [2.75, 3.05) is 39.2 Å². The molecule has 0 aliphatic carbocycles. The fourth-order valence-corrected chi connectivity index (χ4v) is 4.88. The van der Waals surface area contributed by atoms with E-state index in [4.69, 9.17) is 23.9 Å². The molecule has 0 bridgehead atoms. The summed E-state index contributed by atoms with van der Waals surface area (Å²) < 4.78 is 23.6. The van der Waals surface area contributed by atoms with Crippen molar-refractivity contribution < 1.29 is 33.3 Å². The van der Waals surface area contributed by atoms with Crippen LogP contribution in [0.1, 0.15) is 38.4 Å². The minimum atomic E-state index is -0.767. The van der Waals surface area contributed by atoms with Crippen LogP contribution in [0.2, 0.25) is 0 Å². The third-order valence-electron chi connectivity index (χ3n) is 7.09. The molecule has 2 aromatic heterocycles. The maximum atomic E-state index is 12.8. The number of methoxy groups -OCH3 is 1. The fraction of sp³-hybridized carbons (Fsp3) is 0.469. The van der Waals surface area contributed by atoms with E-state index in [0.717, 1.165) is 11.3 Å². The number of anilines is 1. The van der Waals surface area contributed by atoms with Crippen LogP contribution >= 0.6 is 0 Å². The van der Waals surface area contributed by atoms with Gasteiger partial charge in [-0.15, -0.1) is 0 Å². The molecule has 1 aliphatic rings. The van der Waals surface area contributed by atoms with E-state index in [2.05, 4.69) is 10.3 Å². The molecule has 0 radical (unpaired) electrons. The number of esters is 1. The molecule has 3 aromatic rings. The Labute approximate surface area is 263 Å². The van der Waals surface area contributed by atoms with E-state index in [9.17, 15) is 14.4 Å². The van der Waals surface area contributed by atoms with Crippen molar-refractivity contribution in [2.24, 2.45) is 7.05 Å². The van der Waals surface area contributed by atoms with Gasteiger partial charge in [-0.3, -0.25) is 4.90 Å². The summed E-state index contributed by atoms with van der Waals surface area (Å²) in [5.74, 6) is 0.0810. The van der Waals surface area contributed by atoms with Gasteiger partial charge in [-0.2, -0.15) is 0 Å². The number of hydrogen-bond acceptors (Lipinski definition) is 10. The number of ether oxygens (including phenoxy) is 4. The molecule has 13 heteroatoms. The lowest BCUT2D eigenvalue weighted by Gasteiger charge is -2.27. The topological polar surface area (TPSA) is 137 Å². The first-order valence-corrected chi connectivity index (χ1v) is 14.8. The van der Waals surface area contributed by atoms with Crippen LogP contribution in [0, 0.1) is 0 Å². The van der Waals surface area contributed by atoms with Gasteiger partial charge in [0.05, 0.1) is 43.7 Å². The summed E-state index contributed by atoms with van der Waals surface area (Å²) in [6, 6.07) is 14.1. The first-order valence-electron chi connectivity index (χ1n) is 14.8. The van der Waals surface area contributed by atoms with Crippen LogP contribution < -0.4 is 5.32 Å². The van der Waals surface area contributed by atoms with Crippen LogP contribution in [0.3, 0.4) is 0 Å². The molecule has 242 valence electrons. The molecule has 1 N–H and O–H groups in total. The zero-order chi connectivity index (χ0) is 32.6. The van der Waals surface area contributed by atoms with E-state index in [1.54, 1.807) is 34.1 Å². The number of imidazole rings is 1. The number of rotatable bonds is 11. The SMILES string of the molecule is COC(=O)[C@@H]1C[C@H](Nc2cccc(-c3c(COCCN(C)C(=O)OCc4ccccc4)ncn3C)n2)CN1C(=O)OC(C)(C)C. The van der Waals surface area contributed by atoms with Gasteiger partial charge in [0.25, 0.3) is 0 Å². The second kappa shape index (κ2) is 14.9. The van der Waals surface area contributed by atoms with Gasteiger partial charge in [0.15, 0.2) is 0 Å². The van der Waals surface area contributed by atoms with Crippen LogP contribution in [-0.2, 0) is 44.0 Å². The van der Waals surface area contributed by atoms with Crippen molar-refractivity contribution >= 4 is 24.0 Å². The molecule has 1 aliphatic heterocycles. The number of carbonyl (C=O) groups excluding carboxylic acids is 3. The summed E-state index contributed by atoms with van der Waals surface area (Å²) in [7, 11) is 4.84. The Bertz CT molecular complexity index is 1460. The van der Waals surface area contributed by atoms with Crippen LogP contribution in [0.25, 0.3) is 11.4 Å². The van der Waals surface area contributed by atoms with Crippen LogP contribution in [-0.4, -0.2) is 94.0 Å². The van der Waals surface area contributed by atoms with Crippen molar-refractivity contribution in [1.82, 2.24) is 24.3 Å². The molecule has 0 saturated carbocycles. The maximum absolute atomic E-state index is 12.8. The maximum Gasteiger partial charge on any atom is 0.411 e. The second-order valence-electron chi connectivity index (χ2n) is 11.8. The Morgan fingerprint density at radius 1 is 1.07 bits per heavy atom. The molecule has 0 unspecified atom stereocenters. The molecule has 3 heterocycles. The predicted molar refractivity (Wildman–Crippen MR) is 166 cm³/mol. The fourth-order valence-electron chi connectivity index (χ4n) is 4.88. The van der Waals surface area contributed by atoms with Gasteiger partial charge >= 0.3 is 18.2 Å². The number of pyridine rings is 1. The lowest BCUT2D eigenvalue weighted by molar-refractivity contribution is -0.145. The highest BCUT2D eigenvalue weighted by molar-refractivity contribution is 5.82. The van der Waals surface area contributed by atoms with Gasteiger partial charge in [0.1, 0.15) is 24.1 Å². The minimum Gasteiger partial charge on any atom is -0.467 e. The first kappa shape index (κ1) is 33.2. The van der Waals surface area contributed by atoms with Crippen molar-refractivity contribution in [3.63, 3.8) is 0 Å². The highest BCUT2D eigenvalue weighted by Crippen LogP contribution is 2.27. The number of nitrogens with zero attached hydrogens (tertiary/aromatic N) is 5. The Morgan fingerprint density at radius 2 is 1.82 bits per heavy atom. The number of amides is 2. The summed E-state index contributed by atoms with van der Waals surface area (Å²) >= 11 is 0. The van der Waals surface area contributed by atoms with E-state index in [1.807, 2.05) is 60.1 Å². The molecule has 4 rings (SSSR count). The van der Waals surface area contributed by atoms with E-state index < -0.39 is 29.8 Å². The highest BCUT2D eigenvalue weighted by atomic mass is 16.6. The average Bonchev–Trinajstić information content (AvgIpc) is 3.60. The largest absolute Gasteiger partial charge is 0.467 e. The van der Waals surface area contributed by atoms with Gasteiger partial charge in [-0.05, 0) is 38.5 Å². The first-order chi connectivity index (χ1) is 21.4. The molecule has 0 spiro atoms. The summed E-state index contributed by atoms with van der Waals surface area (Å²) in [5.41, 5.74) is 2.37. The number of carbonyl (C=O) groups is 3. The number of aromatic nitrogens is 3. The zero-order valence-corrected chi connectivity index (χ0v) is 26.7. The molecule has 1 aromatic carbocycles. The molecule has 1 saturated heterocycles. The van der Waals surface area contributed by atoms with Gasteiger partial charge in [0, 0.05) is 39.6 Å². The van der Waals surface area contributed by atoms with E-state index in [0.29, 0.717) is 36.8 Å².